The number of nitrogens with zero attached hydrogens (tertiary/aromatic N) is 4. The first kappa shape index (κ1) is 18.2. The van der Waals surface area contributed by atoms with Crippen molar-refractivity contribution in [3.63, 3.8) is 0 Å². The molecule has 0 saturated heterocycles. The number of aromatic amines is 1. The molecule has 1 aromatic carbocycles. The summed E-state index contributed by atoms with van der Waals surface area (Å²) >= 11 is 0. The molecule has 4 aromatic rings. The van der Waals surface area contributed by atoms with E-state index in [4.69, 9.17) is 4.98 Å². The van der Waals surface area contributed by atoms with Crippen molar-refractivity contribution in [2.24, 2.45) is 0 Å². The van der Waals surface area contributed by atoms with Gasteiger partial charge in [-0.05, 0) is 42.8 Å². The van der Waals surface area contributed by atoms with E-state index >= 15 is 0 Å². The number of pyridine rings is 1. The first-order valence-electron chi connectivity index (χ1n) is 9.66. The van der Waals surface area contributed by atoms with E-state index in [1.165, 1.54) is 12.1 Å². The molecule has 1 amide bonds. The highest BCUT2D eigenvalue weighted by Crippen LogP contribution is 2.28. The number of hydrogen-bond acceptors (Lipinski definition) is 5. The van der Waals surface area contributed by atoms with Crippen LogP contribution in [0.1, 0.15) is 21.7 Å². The van der Waals surface area contributed by atoms with Crippen LogP contribution in [0.3, 0.4) is 0 Å². The average molecular weight is 402 g/mol. The summed E-state index contributed by atoms with van der Waals surface area (Å²) in [6.45, 7) is 1.07. The van der Waals surface area contributed by atoms with Crippen LogP contribution in [0.4, 0.5) is 10.2 Å². The van der Waals surface area contributed by atoms with Gasteiger partial charge in [0.2, 0.25) is 0 Å². The topological polar surface area (TPSA) is 86.8 Å². The number of nitrogens with one attached hydrogen (secondary N) is 2. The van der Waals surface area contributed by atoms with E-state index in [1.54, 1.807) is 18.5 Å². The molecule has 1 aliphatic rings. The minimum atomic E-state index is -0.265. The highest BCUT2D eigenvalue weighted by atomic mass is 19.1. The second-order valence-corrected chi connectivity index (χ2v) is 7.33. The normalized spacial score (nSPS) is 13.2. The van der Waals surface area contributed by atoms with Gasteiger partial charge in [0.25, 0.3) is 5.91 Å². The van der Waals surface area contributed by atoms with Crippen molar-refractivity contribution in [3.8, 4) is 11.4 Å². The quantitative estimate of drug-likeness (QED) is 0.548. The second kappa shape index (κ2) is 7.22. The lowest BCUT2D eigenvalue weighted by molar-refractivity contribution is 0.0940. The van der Waals surface area contributed by atoms with Gasteiger partial charge in [-0.15, -0.1) is 0 Å². The first-order valence-corrected chi connectivity index (χ1v) is 9.66. The number of anilines is 1. The van der Waals surface area contributed by atoms with Crippen LogP contribution < -0.4 is 10.2 Å². The molecule has 0 saturated carbocycles. The van der Waals surface area contributed by atoms with E-state index in [0.29, 0.717) is 36.8 Å². The highest BCUT2D eigenvalue weighted by molar-refractivity contribution is 5.96. The van der Waals surface area contributed by atoms with Crippen molar-refractivity contribution in [2.45, 2.75) is 13.0 Å². The number of hydrogen-bond donors (Lipinski definition) is 2. The highest BCUT2D eigenvalue weighted by Gasteiger charge is 2.26. The molecule has 8 heteroatoms. The van der Waals surface area contributed by atoms with E-state index in [1.807, 2.05) is 30.1 Å². The van der Waals surface area contributed by atoms with Crippen LogP contribution in [0.2, 0.25) is 0 Å². The van der Waals surface area contributed by atoms with Crippen LogP contribution in [0.25, 0.3) is 22.3 Å². The van der Waals surface area contributed by atoms with Crippen molar-refractivity contribution < 1.29 is 9.18 Å². The fourth-order valence-corrected chi connectivity index (χ4v) is 3.79. The number of amides is 1. The van der Waals surface area contributed by atoms with Crippen molar-refractivity contribution in [1.29, 1.82) is 0 Å². The molecule has 0 atom stereocenters. The summed E-state index contributed by atoms with van der Waals surface area (Å²) in [5.74, 6) is 0.705. The molecule has 150 valence electrons. The molecule has 0 fully saturated rings. The Morgan fingerprint density at radius 2 is 2.10 bits per heavy atom. The maximum atomic E-state index is 13.5. The Morgan fingerprint density at radius 3 is 2.93 bits per heavy atom. The predicted molar refractivity (Wildman–Crippen MR) is 112 cm³/mol. The largest absolute Gasteiger partial charge is 0.357 e. The van der Waals surface area contributed by atoms with E-state index in [-0.39, 0.29) is 11.7 Å². The zero-order valence-corrected chi connectivity index (χ0v) is 16.3. The first-order chi connectivity index (χ1) is 14.6. The molecule has 4 heterocycles. The Kier molecular flexibility index (Phi) is 4.39. The molecule has 1 aliphatic heterocycles. The SMILES string of the molecule is CN(Cc1cc2cc(F)ccc2[nH]1)c1nc(-c2cccnc2)nc2c1CCNC2=O. The average Bonchev–Trinajstić information content (AvgIpc) is 3.15. The van der Waals surface area contributed by atoms with Crippen molar-refractivity contribution >= 4 is 22.6 Å². The Balaban J connectivity index is 1.56. The molecule has 3 aromatic heterocycles. The van der Waals surface area contributed by atoms with Gasteiger partial charge in [0.05, 0.1) is 6.54 Å². The van der Waals surface area contributed by atoms with Gasteiger partial charge >= 0.3 is 0 Å². The minimum Gasteiger partial charge on any atom is -0.357 e. The molecule has 0 spiro atoms. The second-order valence-electron chi connectivity index (χ2n) is 7.33. The van der Waals surface area contributed by atoms with Crippen molar-refractivity contribution in [1.82, 2.24) is 25.3 Å². The monoisotopic (exact) mass is 402 g/mol. The summed E-state index contributed by atoms with van der Waals surface area (Å²) in [6, 6.07) is 10.3. The number of rotatable bonds is 4. The standard InChI is InChI=1S/C22H19FN6O/c1-29(12-16-10-14-9-15(23)4-5-18(14)26-16)21-17-6-8-25-22(30)19(17)27-20(28-21)13-3-2-7-24-11-13/h2-5,7,9-11,26H,6,8,12H2,1H3,(H,25,30). The van der Waals surface area contributed by atoms with Crippen LogP contribution in [0, 0.1) is 5.82 Å². The summed E-state index contributed by atoms with van der Waals surface area (Å²) in [5, 5.41) is 3.67. The Morgan fingerprint density at radius 1 is 1.20 bits per heavy atom. The van der Waals surface area contributed by atoms with Crippen LogP contribution in [-0.2, 0) is 13.0 Å². The minimum absolute atomic E-state index is 0.195. The molecule has 0 unspecified atom stereocenters. The van der Waals surface area contributed by atoms with E-state index in [2.05, 4.69) is 20.3 Å². The molecule has 7 nitrogen and oxygen atoms in total. The lowest BCUT2D eigenvalue weighted by atomic mass is 10.1. The third kappa shape index (κ3) is 3.26. The summed E-state index contributed by atoms with van der Waals surface area (Å²) in [4.78, 5) is 31.2. The third-order valence-corrected chi connectivity index (χ3v) is 5.19. The zero-order valence-electron chi connectivity index (χ0n) is 16.3. The van der Waals surface area contributed by atoms with E-state index < -0.39 is 0 Å². The lowest BCUT2D eigenvalue weighted by Gasteiger charge is -2.25. The molecular weight excluding hydrogens is 383 g/mol. The number of carbonyl (C=O) groups excluding carboxylic acids is 1. The van der Waals surface area contributed by atoms with E-state index in [9.17, 15) is 9.18 Å². The Bertz CT molecular complexity index is 1250. The van der Waals surface area contributed by atoms with Crippen LogP contribution in [0.15, 0.2) is 48.8 Å². The number of benzene rings is 1. The summed E-state index contributed by atoms with van der Waals surface area (Å²) < 4.78 is 13.5. The maximum absolute atomic E-state index is 13.5. The number of aromatic nitrogens is 4. The molecule has 5 rings (SSSR count). The maximum Gasteiger partial charge on any atom is 0.270 e. The Labute approximate surface area is 172 Å². The van der Waals surface area contributed by atoms with E-state index in [0.717, 1.165) is 27.7 Å². The van der Waals surface area contributed by atoms with Crippen molar-refractivity contribution in [2.75, 3.05) is 18.5 Å². The molecule has 0 aliphatic carbocycles. The number of carbonyl (C=O) groups is 1. The fourth-order valence-electron chi connectivity index (χ4n) is 3.79. The van der Waals surface area contributed by atoms with Gasteiger partial charge in [-0.3, -0.25) is 9.78 Å². The van der Waals surface area contributed by atoms with Crippen LogP contribution >= 0.6 is 0 Å². The van der Waals surface area contributed by atoms with Crippen molar-refractivity contribution in [3.05, 3.63) is 71.6 Å². The van der Waals surface area contributed by atoms with Gasteiger partial charge in [0, 0.05) is 53.7 Å². The fraction of sp³-hybridized carbons (Fsp3) is 0.182. The zero-order chi connectivity index (χ0) is 20.7. The van der Waals surface area contributed by atoms with Gasteiger partial charge in [0.15, 0.2) is 5.82 Å². The number of halogens is 1. The van der Waals surface area contributed by atoms with Gasteiger partial charge in [0.1, 0.15) is 17.3 Å². The predicted octanol–water partition coefficient (Wildman–Crippen LogP) is 3.08. The molecule has 30 heavy (non-hydrogen) atoms. The van der Waals surface area contributed by atoms with Gasteiger partial charge in [-0.25, -0.2) is 14.4 Å². The molecular formula is C22H19FN6O. The van der Waals surface area contributed by atoms with Crippen LogP contribution in [0.5, 0.6) is 0 Å². The Hall–Kier alpha value is -3.81. The third-order valence-electron chi connectivity index (χ3n) is 5.19. The smallest absolute Gasteiger partial charge is 0.270 e. The number of fused-ring (bicyclic) bond motifs is 2. The van der Waals surface area contributed by atoms with Crippen LogP contribution in [-0.4, -0.2) is 39.4 Å². The summed E-state index contributed by atoms with van der Waals surface area (Å²) in [5.41, 5.74) is 3.77. The lowest BCUT2D eigenvalue weighted by Crippen LogP contribution is -2.35. The molecule has 2 N–H and O–H groups in total. The molecule has 0 radical (unpaired) electrons. The summed E-state index contributed by atoms with van der Waals surface area (Å²) in [7, 11) is 1.92. The summed E-state index contributed by atoms with van der Waals surface area (Å²) in [6.07, 6.45) is 4.02. The molecule has 0 bridgehead atoms. The van der Waals surface area contributed by atoms with Gasteiger partial charge < -0.3 is 15.2 Å². The van der Waals surface area contributed by atoms with Gasteiger partial charge in [-0.2, -0.15) is 0 Å². The van der Waals surface area contributed by atoms with Gasteiger partial charge in [-0.1, -0.05) is 0 Å². The number of H-pyrrole nitrogens is 1.